The maximum absolute atomic E-state index is 13.8. The smallest absolute Gasteiger partial charge is 0.282 e. The number of hydrogen-bond acceptors (Lipinski definition) is 4. The van der Waals surface area contributed by atoms with Crippen molar-refractivity contribution in [1.82, 2.24) is 0 Å². The van der Waals surface area contributed by atoms with Crippen molar-refractivity contribution in [2.45, 2.75) is 46.0 Å². The first-order valence-corrected chi connectivity index (χ1v) is 11.9. The number of benzene rings is 3. The van der Waals surface area contributed by atoms with E-state index in [9.17, 15) is 9.59 Å². The maximum atomic E-state index is 13.8. The van der Waals surface area contributed by atoms with Crippen molar-refractivity contribution in [2.24, 2.45) is 0 Å². The lowest BCUT2D eigenvalue weighted by atomic mass is 9.87. The largest absolute Gasteiger partial charge is 0.496 e. The van der Waals surface area contributed by atoms with Crippen molar-refractivity contribution in [3.8, 4) is 5.75 Å². The van der Waals surface area contributed by atoms with Gasteiger partial charge in [0.1, 0.15) is 11.4 Å². The molecule has 0 fully saturated rings. The minimum absolute atomic E-state index is 0.0345. The molecule has 0 radical (unpaired) electrons. The summed E-state index contributed by atoms with van der Waals surface area (Å²) in [6, 6.07) is 22.8. The first-order valence-electron chi connectivity index (χ1n) is 11.9. The number of anilines is 2. The van der Waals surface area contributed by atoms with E-state index in [2.05, 4.69) is 39.9 Å². The lowest BCUT2D eigenvalue weighted by Crippen LogP contribution is -2.32. The molecule has 2 amide bonds. The number of imide groups is 1. The van der Waals surface area contributed by atoms with Gasteiger partial charge in [-0.2, -0.15) is 0 Å². The van der Waals surface area contributed by atoms with Gasteiger partial charge in [0.2, 0.25) is 0 Å². The summed E-state index contributed by atoms with van der Waals surface area (Å²) in [7, 11) is 1.56. The van der Waals surface area contributed by atoms with Crippen LogP contribution in [0.25, 0.3) is 5.57 Å². The van der Waals surface area contributed by atoms with Gasteiger partial charge in [-0.15, -0.1) is 0 Å². The molecular formula is C30H32N2O3. The minimum Gasteiger partial charge on any atom is -0.496 e. The Morgan fingerprint density at radius 3 is 2.03 bits per heavy atom. The quantitative estimate of drug-likeness (QED) is 0.419. The predicted molar refractivity (Wildman–Crippen MR) is 142 cm³/mol. The summed E-state index contributed by atoms with van der Waals surface area (Å²) in [6.45, 7) is 10.6. The second-order valence-corrected chi connectivity index (χ2v) is 10.1. The molecule has 3 aromatic rings. The van der Waals surface area contributed by atoms with Crippen LogP contribution in [-0.4, -0.2) is 18.9 Å². The first-order chi connectivity index (χ1) is 16.6. The molecule has 0 aliphatic carbocycles. The van der Waals surface area contributed by atoms with E-state index >= 15 is 0 Å². The summed E-state index contributed by atoms with van der Waals surface area (Å²) in [5, 5.41) is 3.23. The summed E-state index contributed by atoms with van der Waals surface area (Å²) in [5.74, 6) is 0.147. The molecule has 1 aliphatic heterocycles. The van der Waals surface area contributed by atoms with Gasteiger partial charge in [-0.05, 0) is 52.8 Å². The van der Waals surface area contributed by atoms with Crippen LogP contribution in [0.3, 0.4) is 0 Å². The van der Waals surface area contributed by atoms with Crippen LogP contribution in [-0.2, 0) is 15.0 Å². The van der Waals surface area contributed by atoms with Crippen molar-refractivity contribution < 1.29 is 14.3 Å². The Bertz CT molecular complexity index is 1280. The predicted octanol–water partition coefficient (Wildman–Crippen LogP) is 6.51. The topological polar surface area (TPSA) is 58.6 Å². The fourth-order valence-corrected chi connectivity index (χ4v) is 4.19. The van der Waals surface area contributed by atoms with E-state index in [0.29, 0.717) is 28.5 Å². The monoisotopic (exact) mass is 468 g/mol. The summed E-state index contributed by atoms with van der Waals surface area (Å²) in [5.41, 5.74) is 4.66. The molecule has 3 aromatic carbocycles. The Balaban J connectivity index is 1.79. The first kappa shape index (κ1) is 24.3. The van der Waals surface area contributed by atoms with E-state index < -0.39 is 5.91 Å². The Labute approximate surface area is 207 Å². The van der Waals surface area contributed by atoms with E-state index in [4.69, 9.17) is 4.74 Å². The van der Waals surface area contributed by atoms with E-state index in [-0.39, 0.29) is 17.0 Å². The summed E-state index contributed by atoms with van der Waals surface area (Å²) < 4.78 is 5.53. The lowest BCUT2D eigenvalue weighted by molar-refractivity contribution is -0.120. The highest BCUT2D eigenvalue weighted by Crippen LogP contribution is 2.38. The van der Waals surface area contributed by atoms with Crippen LogP contribution in [0, 0.1) is 0 Å². The molecule has 180 valence electrons. The molecule has 4 rings (SSSR count). The normalized spacial score (nSPS) is 14.2. The number of carbonyl (C=O) groups excluding carboxylic acids is 2. The SMILES string of the molecule is COc1ccccc1C1=C(Nc2ccc(C(C)C)cc2)C(=O)N(c2ccc(C(C)(C)C)cc2)C1=O. The van der Waals surface area contributed by atoms with Crippen molar-refractivity contribution in [1.29, 1.82) is 0 Å². The Kier molecular flexibility index (Phi) is 6.53. The number of carbonyl (C=O) groups is 2. The number of methoxy groups -OCH3 is 1. The van der Waals surface area contributed by atoms with Crippen LogP contribution in [0.4, 0.5) is 11.4 Å². The molecule has 0 aromatic heterocycles. The zero-order chi connectivity index (χ0) is 25.3. The highest BCUT2D eigenvalue weighted by atomic mass is 16.5. The standard InChI is InChI=1S/C30H32N2O3/c1-19(2)20-11-15-22(16-12-20)31-27-26(24-9-7-8-10-25(24)35-6)28(33)32(29(27)34)23-17-13-21(14-18-23)30(3,4)5/h7-19,31H,1-6H3. The number of amides is 2. The molecule has 1 N–H and O–H groups in total. The molecule has 0 saturated heterocycles. The van der Waals surface area contributed by atoms with Crippen LogP contribution in [0.1, 0.15) is 57.2 Å². The third-order valence-electron chi connectivity index (χ3n) is 6.30. The number of nitrogens with zero attached hydrogens (tertiary/aromatic N) is 1. The molecule has 1 aliphatic rings. The van der Waals surface area contributed by atoms with Gasteiger partial charge in [0.05, 0.1) is 18.4 Å². The second-order valence-electron chi connectivity index (χ2n) is 10.1. The molecule has 5 nitrogen and oxygen atoms in total. The van der Waals surface area contributed by atoms with Crippen LogP contribution < -0.4 is 15.0 Å². The molecule has 0 atom stereocenters. The van der Waals surface area contributed by atoms with Crippen molar-refractivity contribution >= 4 is 28.8 Å². The van der Waals surface area contributed by atoms with Crippen LogP contribution in [0.2, 0.25) is 0 Å². The molecule has 0 unspecified atom stereocenters. The average Bonchev–Trinajstić information content (AvgIpc) is 3.07. The fraction of sp³-hybridized carbons (Fsp3) is 0.267. The van der Waals surface area contributed by atoms with Crippen LogP contribution in [0.15, 0.2) is 78.5 Å². The van der Waals surface area contributed by atoms with E-state index in [1.165, 1.54) is 10.5 Å². The lowest BCUT2D eigenvalue weighted by Gasteiger charge is -2.21. The molecule has 0 saturated carbocycles. The number of para-hydroxylation sites is 1. The number of ether oxygens (including phenoxy) is 1. The zero-order valence-electron chi connectivity index (χ0n) is 21.2. The van der Waals surface area contributed by atoms with Gasteiger partial charge in [0.15, 0.2) is 0 Å². The highest BCUT2D eigenvalue weighted by molar-refractivity contribution is 6.46. The number of nitrogens with one attached hydrogen (secondary N) is 1. The third-order valence-corrected chi connectivity index (χ3v) is 6.30. The minimum atomic E-state index is -0.396. The number of hydrogen-bond donors (Lipinski definition) is 1. The third kappa shape index (κ3) is 4.72. The summed E-state index contributed by atoms with van der Waals surface area (Å²) in [4.78, 5) is 28.7. The van der Waals surface area contributed by atoms with Gasteiger partial charge in [0.25, 0.3) is 11.8 Å². The van der Waals surface area contributed by atoms with Crippen molar-refractivity contribution in [3.63, 3.8) is 0 Å². The molecular weight excluding hydrogens is 436 g/mol. The maximum Gasteiger partial charge on any atom is 0.282 e. The van der Waals surface area contributed by atoms with Gasteiger partial charge in [-0.1, -0.05) is 77.1 Å². The molecule has 1 heterocycles. The van der Waals surface area contributed by atoms with E-state index in [1.54, 1.807) is 19.2 Å². The van der Waals surface area contributed by atoms with Gasteiger partial charge >= 0.3 is 0 Å². The van der Waals surface area contributed by atoms with Crippen molar-refractivity contribution in [3.05, 3.63) is 95.2 Å². The molecule has 5 heteroatoms. The summed E-state index contributed by atoms with van der Waals surface area (Å²) >= 11 is 0. The van der Waals surface area contributed by atoms with E-state index in [0.717, 1.165) is 11.3 Å². The van der Waals surface area contributed by atoms with Gasteiger partial charge in [-0.3, -0.25) is 9.59 Å². The molecule has 0 bridgehead atoms. The number of rotatable bonds is 6. The Morgan fingerprint density at radius 1 is 0.829 bits per heavy atom. The highest BCUT2D eigenvalue weighted by Gasteiger charge is 2.41. The molecule has 35 heavy (non-hydrogen) atoms. The Hall–Kier alpha value is -3.86. The average molecular weight is 469 g/mol. The van der Waals surface area contributed by atoms with Gasteiger partial charge in [-0.25, -0.2) is 4.90 Å². The van der Waals surface area contributed by atoms with Crippen LogP contribution >= 0.6 is 0 Å². The van der Waals surface area contributed by atoms with Crippen LogP contribution in [0.5, 0.6) is 5.75 Å². The van der Waals surface area contributed by atoms with E-state index in [1.807, 2.05) is 60.7 Å². The summed E-state index contributed by atoms with van der Waals surface area (Å²) in [6.07, 6.45) is 0. The second kappa shape index (κ2) is 9.41. The Morgan fingerprint density at radius 2 is 1.46 bits per heavy atom. The molecule has 0 spiro atoms. The fourth-order valence-electron chi connectivity index (χ4n) is 4.19. The van der Waals surface area contributed by atoms with Crippen molar-refractivity contribution in [2.75, 3.05) is 17.3 Å². The zero-order valence-corrected chi connectivity index (χ0v) is 21.2. The van der Waals surface area contributed by atoms with Gasteiger partial charge < -0.3 is 10.1 Å². The van der Waals surface area contributed by atoms with Gasteiger partial charge in [0, 0.05) is 11.3 Å².